The first-order valence-electron chi connectivity index (χ1n) is 7.22. The van der Waals surface area contributed by atoms with Crippen LogP contribution >= 0.6 is 0 Å². The Hall–Kier alpha value is -2.30. The van der Waals surface area contributed by atoms with E-state index in [1.807, 2.05) is 30.0 Å². The molecule has 1 amide bonds. The highest BCUT2D eigenvalue weighted by atomic mass is 16.4. The van der Waals surface area contributed by atoms with Crippen LogP contribution in [0.1, 0.15) is 30.1 Å². The third-order valence-corrected chi connectivity index (χ3v) is 3.97. The van der Waals surface area contributed by atoms with Crippen LogP contribution in [-0.4, -0.2) is 39.0 Å². The summed E-state index contributed by atoms with van der Waals surface area (Å²) in [5, 5.41) is 9.95. The zero-order valence-electron chi connectivity index (χ0n) is 12.0. The molecule has 21 heavy (non-hydrogen) atoms. The van der Waals surface area contributed by atoms with Gasteiger partial charge in [0.05, 0.1) is 5.56 Å². The van der Waals surface area contributed by atoms with E-state index in [9.17, 15) is 14.7 Å². The monoisotopic (exact) mass is 286 g/mol. The van der Waals surface area contributed by atoms with Gasteiger partial charge in [-0.3, -0.25) is 4.79 Å². The maximum atomic E-state index is 12.4. The third kappa shape index (κ3) is 2.51. The van der Waals surface area contributed by atoms with Crippen molar-refractivity contribution >= 4 is 22.8 Å². The Morgan fingerprint density at radius 2 is 2.05 bits per heavy atom. The van der Waals surface area contributed by atoms with Crippen molar-refractivity contribution in [2.24, 2.45) is 0 Å². The van der Waals surface area contributed by atoms with Crippen LogP contribution in [0.15, 0.2) is 30.5 Å². The number of para-hydroxylation sites is 1. The van der Waals surface area contributed by atoms with Gasteiger partial charge in [-0.05, 0) is 25.8 Å². The van der Waals surface area contributed by atoms with E-state index in [1.54, 1.807) is 16.8 Å². The van der Waals surface area contributed by atoms with Crippen LogP contribution in [0.5, 0.6) is 0 Å². The fraction of sp³-hybridized carbons (Fsp3) is 0.375. The molecule has 1 aliphatic carbocycles. The number of nitrogens with zero attached hydrogens (tertiary/aromatic N) is 2. The second-order valence-corrected chi connectivity index (χ2v) is 5.40. The average Bonchev–Trinajstić information content (AvgIpc) is 3.22. The number of carboxylic acid groups (broad SMARTS) is 1. The van der Waals surface area contributed by atoms with Gasteiger partial charge >= 0.3 is 5.97 Å². The summed E-state index contributed by atoms with van der Waals surface area (Å²) in [6.45, 7) is 2.87. The van der Waals surface area contributed by atoms with Crippen molar-refractivity contribution in [3.8, 4) is 0 Å². The zero-order valence-corrected chi connectivity index (χ0v) is 12.0. The van der Waals surface area contributed by atoms with Crippen LogP contribution in [0.4, 0.5) is 0 Å². The van der Waals surface area contributed by atoms with Gasteiger partial charge < -0.3 is 14.6 Å². The number of likely N-dealkylation sites (N-methyl/N-ethyl adjacent to an activating group) is 1. The molecule has 1 N–H and O–H groups in total. The molecule has 2 aromatic rings. The van der Waals surface area contributed by atoms with Crippen LogP contribution in [0.25, 0.3) is 10.9 Å². The topological polar surface area (TPSA) is 62.5 Å². The van der Waals surface area contributed by atoms with Gasteiger partial charge in [0.1, 0.15) is 6.54 Å². The summed E-state index contributed by atoms with van der Waals surface area (Å²) in [4.78, 5) is 25.6. The van der Waals surface area contributed by atoms with E-state index in [0.717, 1.165) is 18.4 Å². The van der Waals surface area contributed by atoms with E-state index < -0.39 is 5.97 Å². The number of carbonyl (C=O) groups is 2. The van der Waals surface area contributed by atoms with E-state index in [4.69, 9.17) is 0 Å². The summed E-state index contributed by atoms with van der Waals surface area (Å²) >= 11 is 0. The Morgan fingerprint density at radius 3 is 2.67 bits per heavy atom. The Labute approximate surface area is 122 Å². The minimum Gasteiger partial charge on any atom is -0.478 e. The van der Waals surface area contributed by atoms with Crippen LogP contribution < -0.4 is 0 Å². The fourth-order valence-electron chi connectivity index (χ4n) is 2.81. The quantitative estimate of drug-likeness (QED) is 0.917. The summed E-state index contributed by atoms with van der Waals surface area (Å²) in [6.07, 6.45) is 3.71. The Balaban J connectivity index is 1.93. The lowest BCUT2D eigenvalue weighted by Gasteiger charge is -2.20. The smallest absolute Gasteiger partial charge is 0.337 e. The second-order valence-electron chi connectivity index (χ2n) is 5.40. The molecule has 110 valence electrons. The van der Waals surface area contributed by atoms with E-state index in [1.165, 1.54) is 0 Å². The van der Waals surface area contributed by atoms with Crippen molar-refractivity contribution in [3.05, 3.63) is 36.0 Å². The minimum atomic E-state index is -0.966. The van der Waals surface area contributed by atoms with Gasteiger partial charge in [0.2, 0.25) is 5.91 Å². The summed E-state index contributed by atoms with van der Waals surface area (Å²) in [5.74, 6) is -0.912. The maximum absolute atomic E-state index is 12.4. The first kappa shape index (κ1) is 13.7. The molecule has 5 nitrogen and oxygen atoms in total. The number of carbonyl (C=O) groups excluding carboxylic acids is 1. The first-order chi connectivity index (χ1) is 10.1. The van der Waals surface area contributed by atoms with Gasteiger partial charge in [-0.15, -0.1) is 0 Å². The molecule has 1 aromatic heterocycles. The van der Waals surface area contributed by atoms with Gasteiger partial charge in [-0.25, -0.2) is 4.79 Å². The number of amides is 1. The predicted octanol–water partition coefficient (Wildman–Crippen LogP) is 2.35. The molecule has 1 saturated carbocycles. The highest BCUT2D eigenvalue weighted by Gasteiger charge is 2.31. The molecule has 0 spiro atoms. The SMILES string of the molecule is CCN(C(=O)Cn1cc(C(=O)O)c2ccccc21)C1CC1. The van der Waals surface area contributed by atoms with Crippen LogP contribution in [0.3, 0.4) is 0 Å². The van der Waals surface area contributed by atoms with Crippen molar-refractivity contribution in [3.63, 3.8) is 0 Å². The molecule has 1 fully saturated rings. The number of hydrogen-bond acceptors (Lipinski definition) is 2. The molecule has 0 aliphatic heterocycles. The molecule has 1 aromatic carbocycles. The normalized spacial score (nSPS) is 14.3. The molecule has 0 saturated heterocycles. The second kappa shape index (κ2) is 5.24. The molecule has 0 radical (unpaired) electrons. The van der Waals surface area contributed by atoms with Gasteiger partial charge in [0.15, 0.2) is 0 Å². The molecule has 3 rings (SSSR count). The summed E-state index contributed by atoms with van der Waals surface area (Å²) in [5.41, 5.74) is 1.03. The van der Waals surface area contributed by atoms with Gasteiger partial charge in [-0.1, -0.05) is 18.2 Å². The molecule has 0 unspecified atom stereocenters. The number of benzene rings is 1. The standard InChI is InChI=1S/C16H18N2O3/c1-2-18(11-7-8-11)15(19)10-17-9-13(16(20)21)12-5-3-4-6-14(12)17/h3-6,9,11H,2,7-8,10H2,1H3,(H,20,21). The van der Waals surface area contributed by atoms with E-state index in [-0.39, 0.29) is 18.0 Å². The lowest BCUT2D eigenvalue weighted by Crippen LogP contribution is -2.35. The predicted molar refractivity (Wildman–Crippen MR) is 79.3 cm³/mol. The van der Waals surface area contributed by atoms with Crippen molar-refractivity contribution in [2.75, 3.05) is 6.54 Å². The molecular formula is C16H18N2O3. The fourth-order valence-corrected chi connectivity index (χ4v) is 2.81. The van der Waals surface area contributed by atoms with Gasteiger partial charge in [0.25, 0.3) is 0 Å². The lowest BCUT2D eigenvalue weighted by atomic mass is 10.2. The molecule has 1 heterocycles. The van der Waals surface area contributed by atoms with Crippen molar-refractivity contribution in [2.45, 2.75) is 32.4 Å². The number of carboxylic acids is 1. The summed E-state index contributed by atoms with van der Waals surface area (Å²) in [6, 6.07) is 7.67. The summed E-state index contributed by atoms with van der Waals surface area (Å²) < 4.78 is 1.74. The third-order valence-electron chi connectivity index (χ3n) is 3.97. The molecule has 1 aliphatic rings. The zero-order chi connectivity index (χ0) is 15.0. The van der Waals surface area contributed by atoms with Gasteiger partial charge in [0, 0.05) is 29.7 Å². The molecule has 0 atom stereocenters. The maximum Gasteiger partial charge on any atom is 0.337 e. The number of fused-ring (bicyclic) bond motifs is 1. The molecule has 0 bridgehead atoms. The number of rotatable bonds is 5. The van der Waals surface area contributed by atoms with Crippen LogP contribution in [-0.2, 0) is 11.3 Å². The van der Waals surface area contributed by atoms with E-state index in [0.29, 0.717) is 18.0 Å². The highest BCUT2D eigenvalue weighted by molar-refractivity contribution is 6.03. The molecular weight excluding hydrogens is 268 g/mol. The van der Waals surface area contributed by atoms with E-state index in [2.05, 4.69) is 0 Å². The van der Waals surface area contributed by atoms with Crippen LogP contribution in [0.2, 0.25) is 0 Å². The van der Waals surface area contributed by atoms with Crippen molar-refractivity contribution in [1.82, 2.24) is 9.47 Å². The lowest BCUT2D eigenvalue weighted by molar-refractivity contribution is -0.132. The number of hydrogen-bond donors (Lipinski definition) is 1. The number of aromatic carboxylic acids is 1. The average molecular weight is 286 g/mol. The number of aromatic nitrogens is 1. The minimum absolute atomic E-state index is 0.0534. The van der Waals surface area contributed by atoms with Crippen LogP contribution in [0, 0.1) is 0 Å². The van der Waals surface area contributed by atoms with Gasteiger partial charge in [-0.2, -0.15) is 0 Å². The highest BCUT2D eigenvalue weighted by Crippen LogP contribution is 2.27. The van der Waals surface area contributed by atoms with E-state index >= 15 is 0 Å². The summed E-state index contributed by atoms with van der Waals surface area (Å²) in [7, 11) is 0. The van der Waals surface area contributed by atoms with Crippen molar-refractivity contribution in [1.29, 1.82) is 0 Å². The Bertz CT molecular complexity index is 701. The Kier molecular flexibility index (Phi) is 3.41. The molecule has 5 heteroatoms. The first-order valence-corrected chi connectivity index (χ1v) is 7.22. The van der Waals surface area contributed by atoms with Crippen molar-refractivity contribution < 1.29 is 14.7 Å². The largest absolute Gasteiger partial charge is 0.478 e. The Morgan fingerprint density at radius 1 is 1.33 bits per heavy atom.